The first-order chi connectivity index (χ1) is 9.54. The van der Waals surface area contributed by atoms with Crippen LogP contribution in [0.5, 0.6) is 0 Å². The number of amides is 2. The number of carboxylic acid groups (broad SMARTS) is 1. The van der Waals surface area contributed by atoms with Gasteiger partial charge in [0.2, 0.25) is 0 Å². The van der Waals surface area contributed by atoms with Crippen LogP contribution in [0.3, 0.4) is 0 Å². The predicted octanol–water partition coefficient (Wildman–Crippen LogP) is 0.735. The molecule has 2 heterocycles. The van der Waals surface area contributed by atoms with Crippen molar-refractivity contribution in [1.29, 1.82) is 0 Å². The summed E-state index contributed by atoms with van der Waals surface area (Å²) in [6, 6.07) is -0.0722. The van der Waals surface area contributed by atoms with Gasteiger partial charge in [0.15, 0.2) is 5.69 Å². The Morgan fingerprint density at radius 1 is 1.60 bits per heavy atom. The van der Waals surface area contributed by atoms with Crippen LogP contribution in [-0.4, -0.2) is 53.2 Å². The average molecular weight is 298 g/mol. The molecule has 0 spiro atoms. The summed E-state index contributed by atoms with van der Waals surface area (Å²) in [4.78, 5) is 28.5. The van der Waals surface area contributed by atoms with Gasteiger partial charge in [-0.25, -0.2) is 14.6 Å². The van der Waals surface area contributed by atoms with Gasteiger partial charge in [0, 0.05) is 18.0 Å². The molecule has 8 heteroatoms. The van der Waals surface area contributed by atoms with Gasteiger partial charge in [-0.05, 0) is 26.4 Å². The molecule has 1 fully saturated rings. The molecule has 1 unspecified atom stereocenters. The zero-order chi connectivity index (χ0) is 14.5. The Bertz CT molecular complexity index is 491. The van der Waals surface area contributed by atoms with Gasteiger partial charge >= 0.3 is 12.0 Å². The maximum atomic E-state index is 11.8. The van der Waals surface area contributed by atoms with Gasteiger partial charge in [0.1, 0.15) is 5.01 Å². The number of rotatable bonds is 4. The molecule has 1 saturated heterocycles. The van der Waals surface area contributed by atoms with Crippen molar-refractivity contribution in [1.82, 2.24) is 20.5 Å². The van der Waals surface area contributed by atoms with E-state index in [1.54, 1.807) is 0 Å². The van der Waals surface area contributed by atoms with Crippen molar-refractivity contribution < 1.29 is 14.7 Å². The van der Waals surface area contributed by atoms with Crippen LogP contribution < -0.4 is 10.6 Å². The highest BCUT2D eigenvalue weighted by Crippen LogP contribution is 2.10. The van der Waals surface area contributed by atoms with Gasteiger partial charge < -0.3 is 20.6 Å². The second-order valence-corrected chi connectivity index (χ2v) is 5.80. The number of aromatic carboxylic acids is 1. The second kappa shape index (κ2) is 6.67. The molecule has 2 rings (SSSR count). The molecular weight excluding hydrogens is 280 g/mol. The fourth-order valence-corrected chi connectivity index (χ4v) is 2.87. The number of carboxylic acids is 1. The lowest BCUT2D eigenvalue weighted by Gasteiger charge is -2.30. The monoisotopic (exact) mass is 298 g/mol. The molecule has 0 radical (unpaired) electrons. The van der Waals surface area contributed by atoms with E-state index in [2.05, 4.69) is 20.5 Å². The summed E-state index contributed by atoms with van der Waals surface area (Å²) >= 11 is 1.22. The number of carbonyl (C=O) groups is 2. The molecule has 0 aliphatic carbocycles. The molecule has 7 nitrogen and oxygen atoms in total. The van der Waals surface area contributed by atoms with Crippen LogP contribution in [-0.2, 0) is 6.54 Å². The maximum absolute atomic E-state index is 11.8. The third kappa shape index (κ3) is 4.17. The SMILES string of the molecule is CN1CCCC(NC(=O)NCc2nc(C(=O)O)cs2)C1. The van der Waals surface area contributed by atoms with Crippen LogP contribution in [0.1, 0.15) is 28.3 Å². The van der Waals surface area contributed by atoms with Crippen LogP contribution in [0, 0.1) is 0 Å². The van der Waals surface area contributed by atoms with E-state index in [0.717, 1.165) is 25.9 Å². The Labute approximate surface area is 121 Å². The van der Waals surface area contributed by atoms with Crippen LogP contribution in [0.15, 0.2) is 5.38 Å². The van der Waals surface area contributed by atoms with E-state index in [0.29, 0.717) is 5.01 Å². The van der Waals surface area contributed by atoms with Crippen LogP contribution in [0.25, 0.3) is 0 Å². The van der Waals surface area contributed by atoms with E-state index < -0.39 is 5.97 Å². The number of hydrogen-bond acceptors (Lipinski definition) is 5. The molecule has 3 N–H and O–H groups in total. The number of likely N-dealkylation sites (tertiary alicyclic amines) is 1. The maximum Gasteiger partial charge on any atom is 0.355 e. The van der Waals surface area contributed by atoms with Gasteiger partial charge in [0.25, 0.3) is 0 Å². The number of thiazole rings is 1. The standard InChI is InChI=1S/C12H18N4O3S/c1-16-4-2-3-8(6-16)14-12(19)13-5-10-15-9(7-20-10)11(17)18/h7-8H,2-6H2,1H3,(H,17,18)(H2,13,14,19). The summed E-state index contributed by atoms with van der Waals surface area (Å²) in [6.07, 6.45) is 2.06. The number of likely N-dealkylation sites (N-methyl/N-ethyl adjacent to an activating group) is 1. The third-order valence-corrected chi connectivity index (χ3v) is 3.98. The van der Waals surface area contributed by atoms with E-state index in [-0.39, 0.29) is 24.3 Å². The Hall–Kier alpha value is -1.67. The van der Waals surface area contributed by atoms with E-state index in [1.807, 2.05) is 7.05 Å². The molecule has 1 aromatic rings. The minimum Gasteiger partial charge on any atom is -0.476 e. The Kier molecular flexibility index (Phi) is 4.91. The molecule has 1 aliphatic rings. The first-order valence-electron chi connectivity index (χ1n) is 6.45. The molecule has 0 bridgehead atoms. The lowest BCUT2D eigenvalue weighted by molar-refractivity contribution is 0.0691. The van der Waals surface area contributed by atoms with Crippen molar-refractivity contribution in [2.75, 3.05) is 20.1 Å². The van der Waals surface area contributed by atoms with Crippen molar-refractivity contribution in [3.05, 3.63) is 16.1 Å². The molecule has 1 aromatic heterocycles. The van der Waals surface area contributed by atoms with Crippen LogP contribution in [0.4, 0.5) is 4.79 Å². The van der Waals surface area contributed by atoms with Gasteiger partial charge in [-0.3, -0.25) is 0 Å². The summed E-state index contributed by atoms with van der Waals surface area (Å²) in [5, 5.41) is 16.4. The summed E-state index contributed by atoms with van der Waals surface area (Å²) in [5.74, 6) is -1.05. The van der Waals surface area contributed by atoms with Gasteiger partial charge in [-0.15, -0.1) is 11.3 Å². The second-order valence-electron chi connectivity index (χ2n) is 4.86. The summed E-state index contributed by atoms with van der Waals surface area (Å²) in [5.41, 5.74) is 0.0149. The molecule has 2 amide bonds. The minimum absolute atomic E-state index is 0.0149. The molecule has 1 atom stereocenters. The molecule has 1 aliphatic heterocycles. The van der Waals surface area contributed by atoms with E-state index in [4.69, 9.17) is 5.11 Å². The average Bonchev–Trinajstić information content (AvgIpc) is 2.85. The van der Waals surface area contributed by atoms with Crippen molar-refractivity contribution >= 4 is 23.3 Å². The molecule has 110 valence electrons. The van der Waals surface area contributed by atoms with Gasteiger partial charge in [-0.1, -0.05) is 0 Å². The van der Waals surface area contributed by atoms with Crippen LogP contribution >= 0.6 is 11.3 Å². The molecular formula is C12H18N4O3S. The Morgan fingerprint density at radius 3 is 3.05 bits per heavy atom. The highest BCUT2D eigenvalue weighted by atomic mass is 32.1. The highest BCUT2D eigenvalue weighted by molar-refractivity contribution is 7.09. The lowest BCUT2D eigenvalue weighted by Crippen LogP contribution is -2.49. The van der Waals surface area contributed by atoms with Gasteiger partial charge in [0.05, 0.1) is 6.54 Å². The molecule has 20 heavy (non-hydrogen) atoms. The summed E-state index contributed by atoms with van der Waals surface area (Å²) in [6.45, 7) is 2.16. The van der Waals surface area contributed by atoms with Crippen molar-refractivity contribution in [3.8, 4) is 0 Å². The number of aromatic nitrogens is 1. The Balaban J connectivity index is 1.75. The zero-order valence-electron chi connectivity index (χ0n) is 11.3. The van der Waals surface area contributed by atoms with E-state index in [9.17, 15) is 9.59 Å². The van der Waals surface area contributed by atoms with Crippen molar-refractivity contribution in [2.24, 2.45) is 0 Å². The zero-order valence-corrected chi connectivity index (χ0v) is 12.1. The van der Waals surface area contributed by atoms with Crippen molar-refractivity contribution in [3.63, 3.8) is 0 Å². The first kappa shape index (κ1) is 14.7. The van der Waals surface area contributed by atoms with Crippen LogP contribution in [0.2, 0.25) is 0 Å². The number of nitrogens with one attached hydrogen (secondary N) is 2. The van der Waals surface area contributed by atoms with Crippen molar-refractivity contribution in [2.45, 2.75) is 25.4 Å². The molecule has 0 saturated carbocycles. The summed E-state index contributed by atoms with van der Waals surface area (Å²) in [7, 11) is 2.04. The first-order valence-corrected chi connectivity index (χ1v) is 7.33. The number of hydrogen-bond donors (Lipinski definition) is 3. The van der Waals surface area contributed by atoms with E-state index >= 15 is 0 Å². The normalized spacial score (nSPS) is 19.6. The minimum atomic E-state index is -1.05. The largest absolute Gasteiger partial charge is 0.476 e. The summed E-state index contributed by atoms with van der Waals surface area (Å²) < 4.78 is 0. The smallest absolute Gasteiger partial charge is 0.355 e. The molecule has 0 aromatic carbocycles. The number of urea groups is 1. The number of nitrogens with zero attached hydrogens (tertiary/aromatic N) is 2. The Morgan fingerprint density at radius 2 is 2.40 bits per heavy atom. The highest BCUT2D eigenvalue weighted by Gasteiger charge is 2.18. The third-order valence-electron chi connectivity index (χ3n) is 3.13. The number of carbonyl (C=O) groups excluding carboxylic acids is 1. The van der Waals surface area contributed by atoms with E-state index in [1.165, 1.54) is 16.7 Å². The fraction of sp³-hybridized carbons (Fsp3) is 0.583. The predicted molar refractivity (Wildman–Crippen MR) is 75.0 cm³/mol. The van der Waals surface area contributed by atoms with Gasteiger partial charge in [-0.2, -0.15) is 0 Å². The topological polar surface area (TPSA) is 94.6 Å². The lowest BCUT2D eigenvalue weighted by atomic mass is 10.1. The quantitative estimate of drug-likeness (QED) is 0.762. The number of piperidine rings is 1. The fourth-order valence-electron chi connectivity index (χ4n) is 2.17.